The maximum Gasteiger partial charge on any atom is 0.255 e. The summed E-state index contributed by atoms with van der Waals surface area (Å²) in [5, 5.41) is 0.978. The number of rotatable bonds is 3. The summed E-state index contributed by atoms with van der Waals surface area (Å²) in [6.45, 7) is 1.37. The molecule has 1 unspecified atom stereocenters. The molecule has 0 aromatic heterocycles. The Balaban J connectivity index is 0.00000200. The number of benzene rings is 1. The first-order valence-corrected chi connectivity index (χ1v) is 7.35. The molecule has 0 saturated carbocycles. The molecule has 3 nitrogen and oxygen atoms in total. The lowest BCUT2D eigenvalue weighted by molar-refractivity contribution is 0.0605. The van der Waals surface area contributed by atoms with Gasteiger partial charge in [0.1, 0.15) is 0 Å². The second kappa shape index (κ2) is 8.08. The van der Waals surface area contributed by atoms with E-state index >= 15 is 0 Å². The zero-order chi connectivity index (χ0) is 13.8. The molecule has 0 bridgehead atoms. The fourth-order valence-electron chi connectivity index (χ4n) is 2.58. The van der Waals surface area contributed by atoms with E-state index in [2.05, 4.69) is 0 Å². The van der Waals surface area contributed by atoms with Gasteiger partial charge in [0.05, 0.1) is 10.6 Å². The number of carbonyl (C=O) groups is 1. The number of hydrogen-bond acceptors (Lipinski definition) is 2. The van der Waals surface area contributed by atoms with Crippen molar-refractivity contribution in [2.45, 2.75) is 31.7 Å². The number of piperidine rings is 1. The van der Waals surface area contributed by atoms with Gasteiger partial charge in [0.15, 0.2) is 0 Å². The minimum Gasteiger partial charge on any atom is -0.336 e. The van der Waals surface area contributed by atoms with Crippen LogP contribution in [0.25, 0.3) is 0 Å². The standard InChI is InChI=1S/C14H18Cl2N2O.ClH/c15-10-4-5-13(16)12(9-10)14(19)18-8-2-1-3-11(18)6-7-17;/h4-5,9,11H,1-3,6-8,17H2;1H. The minimum absolute atomic E-state index is 0. The van der Waals surface area contributed by atoms with Gasteiger partial charge in [-0.2, -0.15) is 0 Å². The highest BCUT2D eigenvalue weighted by Crippen LogP contribution is 2.26. The minimum atomic E-state index is -0.0364. The summed E-state index contributed by atoms with van der Waals surface area (Å²) in [5.74, 6) is -0.0364. The van der Waals surface area contributed by atoms with Gasteiger partial charge < -0.3 is 10.6 Å². The number of nitrogens with zero attached hydrogens (tertiary/aromatic N) is 1. The van der Waals surface area contributed by atoms with Crippen LogP contribution in [-0.2, 0) is 0 Å². The smallest absolute Gasteiger partial charge is 0.255 e. The van der Waals surface area contributed by atoms with Crippen molar-refractivity contribution in [1.82, 2.24) is 4.90 Å². The zero-order valence-corrected chi connectivity index (χ0v) is 13.5. The van der Waals surface area contributed by atoms with E-state index < -0.39 is 0 Å². The van der Waals surface area contributed by atoms with Crippen LogP contribution < -0.4 is 5.73 Å². The Morgan fingerprint density at radius 2 is 2.10 bits per heavy atom. The summed E-state index contributed by atoms with van der Waals surface area (Å²) in [5.41, 5.74) is 6.11. The fourth-order valence-corrected chi connectivity index (χ4v) is 2.95. The van der Waals surface area contributed by atoms with E-state index in [0.29, 0.717) is 22.2 Å². The summed E-state index contributed by atoms with van der Waals surface area (Å²) in [6.07, 6.45) is 4.04. The molecule has 0 radical (unpaired) electrons. The van der Waals surface area contributed by atoms with Crippen molar-refractivity contribution in [2.24, 2.45) is 5.73 Å². The molecule has 1 heterocycles. The van der Waals surface area contributed by atoms with Gasteiger partial charge in [-0.1, -0.05) is 23.2 Å². The number of carbonyl (C=O) groups excluding carboxylic acids is 1. The predicted octanol–water partition coefficient (Wildman–Crippen LogP) is 3.76. The Kier molecular flexibility index (Phi) is 7.10. The molecule has 112 valence electrons. The molecule has 1 aromatic carbocycles. The molecule has 6 heteroatoms. The lowest BCUT2D eigenvalue weighted by Crippen LogP contribution is -2.44. The second-order valence-corrected chi connectivity index (χ2v) is 5.69. The summed E-state index contributed by atoms with van der Waals surface area (Å²) in [7, 11) is 0. The number of nitrogens with two attached hydrogens (primary N) is 1. The quantitative estimate of drug-likeness (QED) is 0.913. The summed E-state index contributed by atoms with van der Waals surface area (Å²) < 4.78 is 0. The van der Waals surface area contributed by atoms with Crippen LogP contribution in [0.2, 0.25) is 10.0 Å². The molecule has 1 aliphatic rings. The Labute approximate surface area is 135 Å². The van der Waals surface area contributed by atoms with Crippen LogP contribution in [0.15, 0.2) is 18.2 Å². The highest BCUT2D eigenvalue weighted by Gasteiger charge is 2.28. The topological polar surface area (TPSA) is 46.3 Å². The van der Waals surface area contributed by atoms with Crippen LogP contribution in [0.1, 0.15) is 36.0 Å². The van der Waals surface area contributed by atoms with Crippen LogP contribution in [0, 0.1) is 0 Å². The van der Waals surface area contributed by atoms with Crippen molar-refractivity contribution in [2.75, 3.05) is 13.1 Å². The first-order valence-electron chi connectivity index (χ1n) is 6.59. The molecule has 0 spiro atoms. The molecule has 1 amide bonds. The molecule has 2 rings (SSSR count). The van der Waals surface area contributed by atoms with Crippen LogP contribution >= 0.6 is 35.6 Å². The van der Waals surface area contributed by atoms with Gasteiger partial charge in [0, 0.05) is 17.6 Å². The van der Waals surface area contributed by atoms with Gasteiger partial charge in [-0.25, -0.2) is 0 Å². The van der Waals surface area contributed by atoms with Gasteiger partial charge in [0.25, 0.3) is 5.91 Å². The van der Waals surface area contributed by atoms with E-state index in [-0.39, 0.29) is 24.4 Å². The van der Waals surface area contributed by atoms with Gasteiger partial charge in [-0.05, 0) is 50.4 Å². The highest BCUT2D eigenvalue weighted by atomic mass is 35.5. The van der Waals surface area contributed by atoms with Crippen LogP contribution in [-0.4, -0.2) is 29.9 Å². The zero-order valence-electron chi connectivity index (χ0n) is 11.1. The Bertz CT molecular complexity index is 466. The number of likely N-dealkylation sites (tertiary alicyclic amines) is 1. The molecule has 2 N–H and O–H groups in total. The molecule has 1 aliphatic heterocycles. The largest absolute Gasteiger partial charge is 0.336 e. The van der Waals surface area contributed by atoms with Crippen molar-refractivity contribution < 1.29 is 4.79 Å². The first-order chi connectivity index (χ1) is 9.13. The maximum absolute atomic E-state index is 12.6. The average Bonchev–Trinajstić information content (AvgIpc) is 2.42. The highest BCUT2D eigenvalue weighted by molar-refractivity contribution is 6.35. The summed E-state index contributed by atoms with van der Waals surface area (Å²) in [6, 6.07) is 5.22. The molecule has 1 aromatic rings. The maximum atomic E-state index is 12.6. The molecule has 1 saturated heterocycles. The third-order valence-electron chi connectivity index (χ3n) is 3.55. The summed E-state index contributed by atoms with van der Waals surface area (Å²) in [4.78, 5) is 14.5. The third-order valence-corrected chi connectivity index (χ3v) is 4.11. The fraction of sp³-hybridized carbons (Fsp3) is 0.500. The van der Waals surface area contributed by atoms with Gasteiger partial charge >= 0.3 is 0 Å². The second-order valence-electron chi connectivity index (χ2n) is 4.85. The predicted molar refractivity (Wildman–Crippen MR) is 86.1 cm³/mol. The van der Waals surface area contributed by atoms with Crippen LogP contribution in [0.5, 0.6) is 0 Å². The van der Waals surface area contributed by atoms with Gasteiger partial charge in [-0.15, -0.1) is 12.4 Å². The Morgan fingerprint density at radius 3 is 2.80 bits per heavy atom. The van der Waals surface area contributed by atoms with Crippen molar-refractivity contribution in [3.05, 3.63) is 33.8 Å². The van der Waals surface area contributed by atoms with Crippen molar-refractivity contribution >= 4 is 41.5 Å². The lowest BCUT2D eigenvalue weighted by Gasteiger charge is -2.36. The molecule has 20 heavy (non-hydrogen) atoms. The Morgan fingerprint density at radius 1 is 1.35 bits per heavy atom. The summed E-state index contributed by atoms with van der Waals surface area (Å²) >= 11 is 12.1. The molecular formula is C14H19Cl3N2O. The average molecular weight is 338 g/mol. The van der Waals surface area contributed by atoms with E-state index in [1.165, 1.54) is 0 Å². The van der Waals surface area contributed by atoms with E-state index in [9.17, 15) is 4.79 Å². The SMILES string of the molecule is Cl.NCCC1CCCCN1C(=O)c1cc(Cl)ccc1Cl. The molecule has 1 fully saturated rings. The molecular weight excluding hydrogens is 319 g/mol. The van der Waals surface area contributed by atoms with E-state index in [4.69, 9.17) is 28.9 Å². The van der Waals surface area contributed by atoms with E-state index in [1.54, 1.807) is 18.2 Å². The normalized spacial score (nSPS) is 18.6. The first kappa shape index (κ1) is 17.6. The molecule has 0 aliphatic carbocycles. The number of halogens is 3. The lowest BCUT2D eigenvalue weighted by atomic mass is 9.98. The van der Waals surface area contributed by atoms with Crippen molar-refractivity contribution in [1.29, 1.82) is 0 Å². The van der Waals surface area contributed by atoms with Gasteiger partial charge in [-0.3, -0.25) is 4.79 Å². The van der Waals surface area contributed by atoms with Crippen molar-refractivity contribution in [3.8, 4) is 0 Å². The van der Waals surface area contributed by atoms with E-state index in [1.807, 2.05) is 4.90 Å². The third kappa shape index (κ3) is 4.01. The molecule has 1 atom stereocenters. The van der Waals surface area contributed by atoms with Crippen molar-refractivity contribution in [3.63, 3.8) is 0 Å². The Hall–Kier alpha value is -0.480. The van der Waals surface area contributed by atoms with Crippen LogP contribution in [0.4, 0.5) is 0 Å². The number of hydrogen-bond donors (Lipinski definition) is 1. The van der Waals surface area contributed by atoms with E-state index in [0.717, 1.165) is 32.2 Å². The monoisotopic (exact) mass is 336 g/mol. The number of amides is 1. The van der Waals surface area contributed by atoms with Crippen LogP contribution in [0.3, 0.4) is 0 Å². The van der Waals surface area contributed by atoms with Gasteiger partial charge in [0.2, 0.25) is 0 Å².